The summed E-state index contributed by atoms with van der Waals surface area (Å²) < 4.78 is 0. The average molecular weight is 208 g/mol. The van der Waals surface area contributed by atoms with Crippen molar-refractivity contribution in [3.8, 4) is 0 Å². The van der Waals surface area contributed by atoms with Crippen LogP contribution in [0.2, 0.25) is 0 Å². The summed E-state index contributed by atoms with van der Waals surface area (Å²) in [6.45, 7) is 2.33. The number of carbonyl (C=O) groups excluding carboxylic acids is 1. The third-order valence-electron chi connectivity index (χ3n) is 4.62. The van der Waals surface area contributed by atoms with Gasteiger partial charge in [0.25, 0.3) is 0 Å². The lowest BCUT2D eigenvalue weighted by atomic mass is 9.67. The van der Waals surface area contributed by atoms with Crippen LogP contribution in [-0.4, -0.2) is 5.78 Å². The van der Waals surface area contributed by atoms with Crippen LogP contribution in [0.4, 0.5) is 0 Å². The summed E-state index contributed by atoms with van der Waals surface area (Å²) >= 11 is 0. The van der Waals surface area contributed by atoms with Crippen molar-refractivity contribution < 1.29 is 4.79 Å². The van der Waals surface area contributed by atoms with E-state index in [-0.39, 0.29) is 0 Å². The molecule has 0 spiro atoms. The van der Waals surface area contributed by atoms with Crippen molar-refractivity contribution in [1.82, 2.24) is 0 Å². The van der Waals surface area contributed by atoms with Gasteiger partial charge in [-0.05, 0) is 37.0 Å². The van der Waals surface area contributed by atoms with E-state index in [2.05, 4.69) is 6.92 Å². The molecule has 0 N–H and O–H groups in total. The maximum atomic E-state index is 11.5. The van der Waals surface area contributed by atoms with Crippen molar-refractivity contribution in [2.45, 2.75) is 64.7 Å². The SMILES string of the molecule is CCC1CCCCC1C1CCCC(=O)C1. The standard InChI is InChI=1S/C14H24O/c1-2-11-6-3-4-9-14(11)12-7-5-8-13(15)10-12/h11-12,14H,2-10H2,1H3. The van der Waals surface area contributed by atoms with Gasteiger partial charge in [-0.1, -0.05) is 32.6 Å². The van der Waals surface area contributed by atoms with Crippen molar-refractivity contribution in [3.63, 3.8) is 0 Å². The van der Waals surface area contributed by atoms with Crippen molar-refractivity contribution in [1.29, 1.82) is 0 Å². The van der Waals surface area contributed by atoms with Crippen LogP contribution < -0.4 is 0 Å². The number of hydrogen-bond donors (Lipinski definition) is 0. The zero-order chi connectivity index (χ0) is 10.7. The second-order valence-electron chi connectivity index (χ2n) is 5.51. The maximum absolute atomic E-state index is 11.5. The number of carbonyl (C=O) groups is 1. The van der Waals surface area contributed by atoms with Crippen LogP contribution >= 0.6 is 0 Å². The minimum Gasteiger partial charge on any atom is -0.300 e. The van der Waals surface area contributed by atoms with Gasteiger partial charge >= 0.3 is 0 Å². The zero-order valence-electron chi connectivity index (χ0n) is 10.0. The Kier molecular flexibility index (Phi) is 3.82. The Bertz CT molecular complexity index is 221. The minimum atomic E-state index is 0.534. The number of ketones is 1. The van der Waals surface area contributed by atoms with E-state index in [1.54, 1.807) is 0 Å². The lowest BCUT2D eigenvalue weighted by Crippen LogP contribution is -2.30. The molecule has 1 heteroatoms. The molecule has 0 aliphatic heterocycles. The van der Waals surface area contributed by atoms with Gasteiger partial charge in [0.05, 0.1) is 0 Å². The summed E-state index contributed by atoms with van der Waals surface area (Å²) in [5.74, 6) is 3.09. The van der Waals surface area contributed by atoms with E-state index in [4.69, 9.17) is 0 Å². The molecule has 2 rings (SSSR count). The molecule has 0 heterocycles. The molecule has 86 valence electrons. The summed E-state index contributed by atoms with van der Waals surface area (Å²) in [4.78, 5) is 11.5. The highest BCUT2D eigenvalue weighted by Crippen LogP contribution is 2.41. The number of Topliss-reactive ketones (excluding diaryl/α,β-unsaturated/α-hetero) is 1. The average Bonchev–Trinajstić information content (AvgIpc) is 2.29. The predicted octanol–water partition coefficient (Wildman–Crippen LogP) is 3.96. The maximum Gasteiger partial charge on any atom is 0.133 e. The second-order valence-corrected chi connectivity index (χ2v) is 5.51. The Morgan fingerprint density at radius 3 is 2.67 bits per heavy atom. The molecular weight excluding hydrogens is 184 g/mol. The topological polar surface area (TPSA) is 17.1 Å². The molecule has 2 aliphatic carbocycles. The molecule has 0 aromatic rings. The number of rotatable bonds is 2. The molecule has 3 unspecified atom stereocenters. The van der Waals surface area contributed by atoms with E-state index in [9.17, 15) is 4.79 Å². The first kappa shape index (κ1) is 11.2. The molecule has 2 fully saturated rings. The molecule has 0 radical (unpaired) electrons. The summed E-state index contributed by atoms with van der Waals surface area (Å²) in [5, 5.41) is 0. The molecule has 0 aromatic carbocycles. The molecule has 15 heavy (non-hydrogen) atoms. The van der Waals surface area contributed by atoms with Crippen LogP contribution in [0, 0.1) is 17.8 Å². The summed E-state index contributed by atoms with van der Waals surface area (Å²) in [6, 6.07) is 0. The van der Waals surface area contributed by atoms with Gasteiger partial charge in [0, 0.05) is 12.8 Å². The predicted molar refractivity (Wildman–Crippen MR) is 62.7 cm³/mol. The lowest BCUT2D eigenvalue weighted by molar-refractivity contribution is -0.122. The van der Waals surface area contributed by atoms with Gasteiger partial charge in [0.15, 0.2) is 0 Å². The van der Waals surface area contributed by atoms with Crippen molar-refractivity contribution in [3.05, 3.63) is 0 Å². The van der Waals surface area contributed by atoms with E-state index in [1.165, 1.54) is 38.5 Å². The Labute approximate surface area is 93.6 Å². The molecule has 1 nitrogen and oxygen atoms in total. The molecular formula is C14H24O. The van der Waals surface area contributed by atoms with Crippen LogP contribution in [0.5, 0.6) is 0 Å². The molecule has 0 bridgehead atoms. The zero-order valence-corrected chi connectivity index (χ0v) is 10.0. The highest BCUT2D eigenvalue weighted by atomic mass is 16.1. The van der Waals surface area contributed by atoms with E-state index in [0.29, 0.717) is 5.78 Å². The van der Waals surface area contributed by atoms with Crippen LogP contribution in [0.15, 0.2) is 0 Å². The Morgan fingerprint density at radius 1 is 1.13 bits per heavy atom. The molecule has 0 amide bonds. The van der Waals surface area contributed by atoms with Gasteiger partial charge in [-0.2, -0.15) is 0 Å². The summed E-state index contributed by atoms with van der Waals surface area (Å²) in [6.07, 6.45) is 11.2. The Hall–Kier alpha value is -0.330. The van der Waals surface area contributed by atoms with Crippen LogP contribution in [0.3, 0.4) is 0 Å². The van der Waals surface area contributed by atoms with E-state index in [1.807, 2.05) is 0 Å². The highest BCUT2D eigenvalue weighted by molar-refractivity contribution is 5.79. The van der Waals surface area contributed by atoms with E-state index < -0.39 is 0 Å². The molecule has 2 aliphatic rings. The van der Waals surface area contributed by atoms with Crippen LogP contribution in [0.25, 0.3) is 0 Å². The smallest absolute Gasteiger partial charge is 0.133 e. The quantitative estimate of drug-likeness (QED) is 0.671. The van der Waals surface area contributed by atoms with Gasteiger partial charge in [0.2, 0.25) is 0 Å². The van der Waals surface area contributed by atoms with Crippen LogP contribution in [0.1, 0.15) is 64.7 Å². The first-order valence-corrected chi connectivity index (χ1v) is 6.83. The van der Waals surface area contributed by atoms with Gasteiger partial charge in [-0.3, -0.25) is 4.79 Å². The molecule has 3 atom stereocenters. The highest BCUT2D eigenvalue weighted by Gasteiger charge is 2.33. The Morgan fingerprint density at radius 2 is 1.93 bits per heavy atom. The third-order valence-corrected chi connectivity index (χ3v) is 4.62. The van der Waals surface area contributed by atoms with Crippen LogP contribution in [-0.2, 0) is 4.79 Å². The molecule has 0 saturated heterocycles. The number of hydrogen-bond acceptors (Lipinski definition) is 1. The second kappa shape index (κ2) is 5.14. The van der Waals surface area contributed by atoms with Crippen molar-refractivity contribution >= 4 is 5.78 Å². The normalized spacial score (nSPS) is 37.9. The monoisotopic (exact) mass is 208 g/mol. The fourth-order valence-electron chi connectivity index (χ4n) is 3.79. The van der Waals surface area contributed by atoms with Gasteiger partial charge in [-0.15, -0.1) is 0 Å². The fraction of sp³-hybridized carbons (Fsp3) is 0.929. The van der Waals surface area contributed by atoms with E-state index >= 15 is 0 Å². The van der Waals surface area contributed by atoms with Crippen molar-refractivity contribution in [2.75, 3.05) is 0 Å². The first-order valence-electron chi connectivity index (χ1n) is 6.83. The van der Waals surface area contributed by atoms with E-state index in [0.717, 1.165) is 37.0 Å². The van der Waals surface area contributed by atoms with Gasteiger partial charge < -0.3 is 0 Å². The summed E-state index contributed by atoms with van der Waals surface area (Å²) in [5.41, 5.74) is 0. The largest absolute Gasteiger partial charge is 0.300 e. The van der Waals surface area contributed by atoms with Gasteiger partial charge in [-0.25, -0.2) is 0 Å². The minimum absolute atomic E-state index is 0.534. The van der Waals surface area contributed by atoms with Crippen molar-refractivity contribution in [2.24, 2.45) is 17.8 Å². The third kappa shape index (κ3) is 2.62. The fourth-order valence-corrected chi connectivity index (χ4v) is 3.79. The molecule has 2 saturated carbocycles. The first-order chi connectivity index (χ1) is 7.31. The molecule has 0 aromatic heterocycles. The lowest BCUT2D eigenvalue weighted by Gasteiger charge is -2.38. The Balaban J connectivity index is 1.97. The summed E-state index contributed by atoms with van der Waals surface area (Å²) in [7, 11) is 0. The van der Waals surface area contributed by atoms with Gasteiger partial charge in [0.1, 0.15) is 5.78 Å².